The summed E-state index contributed by atoms with van der Waals surface area (Å²) in [5.74, 6) is -0.516. The smallest absolute Gasteiger partial charge is 0.744 e. The summed E-state index contributed by atoms with van der Waals surface area (Å²) in [5.41, 5.74) is 0.390. The van der Waals surface area contributed by atoms with Crippen LogP contribution in [0, 0.1) is 0 Å². The Balaban J connectivity index is 0.00000722. The number of unbranched alkanes of at least 4 members (excludes halogenated alkanes) is 13. The topological polar surface area (TPSA) is 121 Å². The first-order valence-corrected chi connectivity index (χ1v) is 16.3. The SMILES string of the molecule is CCCCCCCCCCCCCCCCc1cccc(Oc2ccccc2S(=O)(=O)[O-])c1S(=O)(=O)O.[Li+]. The number of ether oxygens (including phenoxy) is 1. The molecule has 0 amide bonds. The van der Waals surface area contributed by atoms with Crippen LogP contribution in [0.2, 0.25) is 0 Å². The Morgan fingerprint density at radius 2 is 1.16 bits per heavy atom. The van der Waals surface area contributed by atoms with E-state index >= 15 is 0 Å². The molecule has 0 radical (unpaired) electrons. The van der Waals surface area contributed by atoms with Gasteiger partial charge in [0.1, 0.15) is 26.5 Å². The molecule has 0 aliphatic heterocycles. The molecule has 2 aromatic carbocycles. The fourth-order valence-corrected chi connectivity index (χ4v) is 5.97. The van der Waals surface area contributed by atoms with Gasteiger partial charge in [0.2, 0.25) is 0 Å². The number of hydrogen-bond donors (Lipinski definition) is 1. The zero-order chi connectivity index (χ0) is 27.2. The fourth-order valence-electron chi connectivity index (χ4n) is 4.50. The average Bonchev–Trinajstić information content (AvgIpc) is 2.83. The zero-order valence-electron chi connectivity index (χ0n) is 22.9. The molecule has 7 nitrogen and oxygen atoms in total. The molecule has 0 heterocycles. The third-order valence-electron chi connectivity index (χ3n) is 6.46. The molecule has 0 spiro atoms. The molecule has 2 rings (SSSR count). The molecule has 10 heteroatoms. The van der Waals surface area contributed by atoms with Crippen LogP contribution in [0.5, 0.6) is 11.5 Å². The van der Waals surface area contributed by atoms with Gasteiger partial charge in [-0.25, -0.2) is 8.42 Å². The van der Waals surface area contributed by atoms with Gasteiger partial charge in [-0.2, -0.15) is 8.42 Å². The Morgan fingerprint density at radius 3 is 1.66 bits per heavy atom. The van der Waals surface area contributed by atoms with Crippen molar-refractivity contribution in [2.45, 2.75) is 113 Å². The monoisotopic (exact) mass is 560 g/mol. The summed E-state index contributed by atoms with van der Waals surface area (Å²) in [6.45, 7) is 2.24. The fraction of sp³-hybridized carbons (Fsp3) is 0.571. The number of benzene rings is 2. The molecule has 38 heavy (non-hydrogen) atoms. The predicted molar refractivity (Wildman–Crippen MR) is 145 cm³/mol. The van der Waals surface area contributed by atoms with Crippen LogP contribution in [-0.4, -0.2) is 25.9 Å². The molecule has 1 N–H and O–H groups in total. The van der Waals surface area contributed by atoms with Crippen LogP contribution in [-0.2, 0) is 26.7 Å². The van der Waals surface area contributed by atoms with Gasteiger partial charge in [0.05, 0.1) is 4.90 Å². The molecule has 208 valence electrons. The van der Waals surface area contributed by atoms with Gasteiger partial charge in [-0.15, -0.1) is 0 Å². The Kier molecular flexibility index (Phi) is 16.5. The van der Waals surface area contributed by atoms with E-state index in [1.165, 1.54) is 88.5 Å². The first-order valence-electron chi connectivity index (χ1n) is 13.5. The average molecular weight is 561 g/mol. The van der Waals surface area contributed by atoms with Crippen LogP contribution in [0.15, 0.2) is 52.3 Å². The van der Waals surface area contributed by atoms with Crippen LogP contribution >= 0.6 is 0 Å². The molecule has 0 aromatic heterocycles. The van der Waals surface area contributed by atoms with E-state index in [0.29, 0.717) is 12.0 Å². The van der Waals surface area contributed by atoms with Crippen LogP contribution in [0.4, 0.5) is 0 Å². The largest absolute Gasteiger partial charge is 1.00 e. The van der Waals surface area contributed by atoms with Gasteiger partial charge in [0.15, 0.2) is 0 Å². The van der Waals surface area contributed by atoms with Crippen LogP contribution in [0.1, 0.15) is 102 Å². The Bertz CT molecular complexity index is 1170. The summed E-state index contributed by atoms with van der Waals surface area (Å²) in [6.07, 6.45) is 17.4. The van der Waals surface area contributed by atoms with E-state index in [9.17, 15) is 25.9 Å². The molecule has 2 aromatic rings. The Hall–Kier alpha value is -1.34. The molecule has 0 saturated heterocycles. The molecule has 0 aliphatic rings. The van der Waals surface area contributed by atoms with E-state index in [4.69, 9.17) is 4.74 Å². The van der Waals surface area contributed by atoms with Gasteiger partial charge in [-0.3, -0.25) is 4.55 Å². The van der Waals surface area contributed by atoms with E-state index in [2.05, 4.69) is 6.92 Å². The number of para-hydroxylation sites is 1. The van der Waals surface area contributed by atoms with Crippen molar-refractivity contribution in [1.82, 2.24) is 0 Å². The van der Waals surface area contributed by atoms with Crippen molar-refractivity contribution in [3.63, 3.8) is 0 Å². The van der Waals surface area contributed by atoms with Gasteiger partial charge in [0, 0.05) is 0 Å². The minimum Gasteiger partial charge on any atom is -0.744 e. The first-order chi connectivity index (χ1) is 17.6. The van der Waals surface area contributed by atoms with Gasteiger partial charge in [0.25, 0.3) is 10.1 Å². The van der Waals surface area contributed by atoms with E-state index in [1.807, 2.05) is 0 Å². The maximum Gasteiger partial charge on any atom is 1.00 e. The minimum atomic E-state index is -4.84. The summed E-state index contributed by atoms with van der Waals surface area (Å²) in [6, 6.07) is 9.70. The third-order valence-corrected chi connectivity index (χ3v) is 8.31. The second-order valence-corrected chi connectivity index (χ2v) is 12.3. The van der Waals surface area contributed by atoms with E-state index in [0.717, 1.165) is 31.7 Å². The van der Waals surface area contributed by atoms with Crippen LogP contribution in [0.3, 0.4) is 0 Å². The van der Waals surface area contributed by atoms with Crippen molar-refractivity contribution in [2.24, 2.45) is 0 Å². The standard InChI is InChI=1S/C28H42O7S2.Li/c1-2-3-4-5-6-7-8-9-10-11-12-13-14-15-19-24-20-18-22-26(28(24)37(32,33)34)35-25-21-16-17-23-27(25)36(29,30)31;/h16-18,20-23H,2-15,19H2,1H3,(H,29,30,31)(H,32,33,34);/q;+1/p-1. The second kappa shape index (κ2) is 18.1. The van der Waals surface area contributed by atoms with Gasteiger partial charge in [-0.05, 0) is 36.6 Å². The van der Waals surface area contributed by atoms with Gasteiger partial charge >= 0.3 is 18.9 Å². The van der Waals surface area contributed by atoms with Crippen molar-refractivity contribution in [1.29, 1.82) is 0 Å². The molecule has 0 unspecified atom stereocenters. The van der Waals surface area contributed by atoms with Crippen molar-refractivity contribution < 1.29 is 49.5 Å². The van der Waals surface area contributed by atoms with Gasteiger partial charge in [-0.1, -0.05) is 115 Å². The summed E-state index contributed by atoms with van der Waals surface area (Å²) in [7, 11) is -9.49. The molecule has 0 aliphatic carbocycles. The predicted octanol–water partition coefficient (Wildman–Crippen LogP) is 4.66. The van der Waals surface area contributed by atoms with Crippen molar-refractivity contribution in [2.75, 3.05) is 0 Å². The molecule has 0 fully saturated rings. The number of aryl methyl sites for hydroxylation is 1. The maximum absolute atomic E-state index is 12.2. The van der Waals surface area contributed by atoms with Crippen molar-refractivity contribution in [3.05, 3.63) is 48.0 Å². The minimum absolute atomic E-state index is 0. The van der Waals surface area contributed by atoms with Gasteiger partial charge < -0.3 is 9.29 Å². The van der Waals surface area contributed by atoms with Crippen molar-refractivity contribution in [3.8, 4) is 11.5 Å². The summed E-state index contributed by atoms with van der Waals surface area (Å²) >= 11 is 0. The van der Waals surface area contributed by atoms with Crippen LogP contribution < -0.4 is 23.6 Å². The molecular weight excluding hydrogens is 519 g/mol. The van der Waals surface area contributed by atoms with Crippen molar-refractivity contribution >= 4 is 20.2 Å². The first kappa shape index (κ1) is 34.7. The van der Waals surface area contributed by atoms with Crippen LogP contribution in [0.25, 0.3) is 0 Å². The van der Waals surface area contributed by atoms with E-state index in [-0.39, 0.29) is 30.4 Å². The number of rotatable bonds is 19. The maximum atomic E-state index is 12.2. The molecular formula is C28H41LiO7S2. The summed E-state index contributed by atoms with van der Waals surface area (Å²) in [4.78, 5) is -1.00. The summed E-state index contributed by atoms with van der Waals surface area (Å²) in [5, 5.41) is 0. The Morgan fingerprint density at radius 1 is 0.684 bits per heavy atom. The molecule has 0 atom stereocenters. The quantitative estimate of drug-likeness (QED) is 0.151. The molecule has 0 saturated carbocycles. The third kappa shape index (κ3) is 12.7. The van der Waals surface area contributed by atoms with E-state index in [1.54, 1.807) is 12.1 Å². The normalized spacial score (nSPS) is 11.8. The molecule has 0 bridgehead atoms. The number of hydrogen-bond acceptors (Lipinski definition) is 6. The zero-order valence-corrected chi connectivity index (χ0v) is 24.5. The second-order valence-electron chi connectivity index (χ2n) is 9.57. The summed E-state index contributed by atoms with van der Waals surface area (Å²) < 4.78 is 74.5. The Labute approximate surface area is 241 Å². The van der Waals surface area contributed by atoms with E-state index < -0.39 is 30.0 Å².